The monoisotopic (exact) mass is 276 g/mol. The molecule has 1 aromatic heterocycles. The second-order valence-corrected chi connectivity index (χ2v) is 4.57. The molecule has 1 heterocycles. The quantitative estimate of drug-likeness (QED) is 0.719. The van der Waals surface area contributed by atoms with Crippen LogP contribution in [0.1, 0.15) is 16.9 Å². The van der Waals surface area contributed by atoms with Crippen LogP contribution in [0.15, 0.2) is 39.6 Å². The molecule has 1 aromatic carbocycles. The Kier molecular flexibility index (Phi) is 4.37. The maximum absolute atomic E-state index is 11.7. The Labute approximate surface area is 115 Å². The van der Waals surface area contributed by atoms with Gasteiger partial charge < -0.3 is 15.4 Å². The Bertz CT molecular complexity index is 630. The molecule has 4 N–H and O–H groups in total. The zero-order valence-corrected chi connectivity index (χ0v) is 10.8. The lowest BCUT2D eigenvalue weighted by atomic mass is 10.0. The predicted octanol–water partition coefficient (Wildman–Crippen LogP) is 0.707. The summed E-state index contributed by atoms with van der Waals surface area (Å²) in [6, 6.07) is 8.63. The highest BCUT2D eigenvalue weighted by molar-refractivity contribution is 5.73. The summed E-state index contributed by atoms with van der Waals surface area (Å²) in [5, 5.41) is 11.0. The van der Waals surface area contributed by atoms with Gasteiger partial charge in [0.05, 0.1) is 5.56 Å². The number of nitrogens with two attached hydrogens (primary N) is 1. The van der Waals surface area contributed by atoms with Crippen LogP contribution in [-0.4, -0.2) is 22.3 Å². The van der Waals surface area contributed by atoms with Gasteiger partial charge in [0.2, 0.25) is 0 Å². The normalized spacial score (nSPS) is 12.2. The molecule has 0 amide bonds. The number of aliphatic carboxylic acids is 1. The number of hydrogen-bond donors (Lipinski definition) is 3. The first-order chi connectivity index (χ1) is 9.58. The second kappa shape index (κ2) is 6.21. The molecule has 2 aromatic rings. The minimum atomic E-state index is -1.12. The summed E-state index contributed by atoms with van der Waals surface area (Å²) < 4.78 is 5.02. The van der Waals surface area contributed by atoms with E-state index in [0.717, 1.165) is 5.56 Å². The summed E-state index contributed by atoms with van der Waals surface area (Å²) in [6.45, 7) is 0. The number of aromatic amines is 1. The zero-order valence-electron chi connectivity index (χ0n) is 10.8. The smallest absolute Gasteiger partial charge is 0.320 e. The van der Waals surface area contributed by atoms with Gasteiger partial charge in [0, 0.05) is 6.42 Å². The minimum Gasteiger partial charge on any atom is -0.480 e. The Morgan fingerprint density at radius 1 is 1.30 bits per heavy atom. The van der Waals surface area contributed by atoms with Crippen LogP contribution >= 0.6 is 0 Å². The van der Waals surface area contributed by atoms with Crippen molar-refractivity contribution in [2.24, 2.45) is 5.73 Å². The fraction of sp³-hybridized carbons (Fsp3) is 0.286. The average molecular weight is 276 g/mol. The van der Waals surface area contributed by atoms with E-state index in [1.54, 1.807) is 0 Å². The van der Waals surface area contributed by atoms with Gasteiger partial charge in [0.15, 0.2) is 0 Å². The van der Waals surface area contributed by atoms with E-state index in [1.807, 2.05) is 30.3 Å². The van der Waals surface area contributed by atoms with E-state index in [2.05, 4.69) is 5.16 Å². The van der Waals surface area contributed by atoms with Gasteiger partial charge in [-0.15, -0.1) is 0 Å². The number of carbonyl (C=O) groups is 1. The van der Waals surface area contributed by atoms with Crippen LogP contribution in [0.2, 0.25) is 0 Å². The Hall–Kier alpha value is -2.34. The third-order valence-corrected chi connectivity index (χ3v) is 3.11. The molecule has 0 saturated carbocycles. The molecular formula is C14H16N2O4. The molecule has 0 saturated heterocycles. The Balaban J connectivity index is 2.09. The molecule has 0 spiro atoms. The number of benzene rings is 1. The molecule has 0 aliphatic carbocycles. The number of aryl methyl sites for hydroxylation is 1. The maximum Gasteiger partial charge on any atom is 0.320 e. The lowest BCUT2D eigenvalue weighted by molar-refractivity contribution is -0.138. The van der Waals surface area contributed by atoms with E-state index in [9.17, 15) is 9.59 Å². The van der Waals surface area contributed by atoms with Crippen molar-refractivity contribution < 1.29 is 14.4 Å². The van der Waals surface area contributed by atoms with Crippen molar-refractivity contribution in [2.75, 3.05) is 0 Å². The first-order valence-electron chi connectivity index (χ1n) is 6.29. The number of nitrogens with one attached hydrogen (secondary N) is 1. The van der Waals surface area contributed by atoms with Gasteiger partial charge in [0.25, 0.3) is 5.56 Å². The van der Waals surface area contributed by atoms with Crippen LogP contribution < -0.4 is 11.3 Å². The standard InChI is InChI=1S/C14H16N2O4/c15-11(14(18)19)8-12-10(13(17)16-20-12)7-6-9-4-2-1-3-5-9/h1-5,11H,6-8,15H2,(H,16,17)(H,18,19)/t11-/m1/s1. The predicted molar refractivity (Wildman–Crippen MR) is 72.5 cm³/mol. The van der Waals surface area contributed by atoms with E-state index in [4.69, 9.17) is 15.4 Å². The molecule has 2 rings (SSSR count). The van der Waals surface area contributed by atoms with Gasteiger partial charge in [-0.25, -0.2) is 0 Å². The first-order valence-corrected chi connectivity index (χ1v) is 6.29. The van der Waals surface area contributed by atoms with Crippen molar-refractivity contribution in [3.8, 4) is 0 Å². The summed E-state index contributed by atoms with van der Waals surface area (Å²) in [5.41, 5.74) is 6.70. The number of carboxylic acid groups (broad SMARTS) is 1. The average Bonchev–Trinajstić information content (AvgIpc) is 2.78. The third-order valence-electron chi connectivity index (χ3n) is 3.11. The fourth-order valence-electron chi connectivity index (χ4n) is 1.98. The van der Waals surface area contributed by atoms with Gasteiger partial charge >= 0.3 is 5.97 Å². The largest absolute Gasteiger partial charge is 0.480 e. The molecule has 0 fully saturated rings. The summed E-state index contributed by atoms with van der Waals surface area (Å²) >= 11 is 0. The number of H-pyrrole nitrogens is 1. The summed E-state index contributed by atoms with van der Waals surface area (Å²) in [7, 11) is 0. The topological polar surface area (TPSA) is 109 Å². The lowest BCUT2D eigenvalue weighted by Gasteiger charge is -2.05. The first kappa shape index (κ1) is 14.1. The molecule has 0 bridgehead atoms. The Morgan fingerprint density at radius 2 is 2.00 bits per heavy atom. The SMILES string of the molecule is N[C@H](Cc1o[nH]c(=O)c1CCc1ccccc1)C(=O)O. The summed E-state index contributed by atoms with van der Waals surface area (Å²) in [4.78, 5) is 22.4. The minimum absolute atomic E-state index is 0.00179. The molecule has 6 heteroatoms. The highest BCUT2D eigenvalue weighted by atomic mass is 16.5. The fourth-order valence-corrected chi connectivity index (χ4v) is 1.98. The highest BCUT2D eigenvalue weighted by Gasteiger charge is 2.19. The van der Waals surface area contributed by atoms with E-state index in [-0.39, 0.29) is 12.0 Å². The van der Waals surface area contributed by atoms with E-state index in [0.29, 0.717) is 24.2 Å². The molecule has 106 valence electrons. The van der Waals surface area contributed by atoms with Crippen LogP contribution in [0, 0.1) is 0 Å². The highest BCUT2D eigenvalue weighted by Crippen LogP contribution is 2.10. The molecule has 0 aliphatic rings. The van der Waals surface area contributed by atoms with Gasteiger partial charge in [-0.3, -0.25) is 9.59 Å². The van der Waals surface area contributed by atoms with E-state index >= 15 is 0 Å². The van der Waals surface area contributed by atoms with Crippen molar-refractivity contribution in [3.05, 3.63) is 57.6 Å². The summed E-state index contributed by atoms with van der Waals surface area (Å²) in [6.07, 6.45) is 1.16. The molecular weight excluding hydrogens is 260 g/mol. The molecule has 1 atom stereocenters. The van der Waals surface area contributed by atoms with Gasteiger partial charge in [-0.1, -0.05) is 30.3 Å². The zero-order chi connectivity index (χ0) is 14.5. The van der Waals surface area contributed by atoms with Gasteiger partial charge in [-0.05, 0) is 18.4 Å². The number of rotatable bonds is 6. The molecule has 6 nitrogen and oxygen atoms in total. The van der Waals surface area contributed by atoms with Crippen molar-refractivity contribution in [2.45, 2.75) is 25.3 Å². The van der Waals surface area contributed by atoms with Crippen LogP contribution in [0.3, 0.4) is 0 Å². The van der Waals surface area contributed by atoms with Crippen molar-refractivity contribution >= 4 is 5.97 Å². The van der Waals surface area contributed by atoms with E-state index in [1.165, 1.54) is 0 Å². The summed E-state index contributed by atoms with van der Waals surface area (Å²) in [5.74, 6) is -0.802. The Morgan fingerprint density at radius 3 is 2.65 bits per heavy atom. The lowest BCUT2D eigenvalue weighted by Crippen LogP contribution is -2.32. The van der Waals surface area contributed by atoms with Crippen LogP contribution in [0.5, 0.6) is 0 Å². The number of carboxylic acids is 1. The number of aromatic nitrogens is 1. The number of hydrogen-bond acceptors (Lipinski definition) is 4. The van der Waals surface area contributed by atoms with Gasteiger partial charge in [0.1, 0.15) is 11.8 Å². The second-order valence-electron chi connectivity index (χ2n) is 4.57. The molecule has 0 aliphatic heterocycles. The van der Waals surface area contributed by atoms with Crippen LogP contribution in [-0.2, 0) is 24.1 Å². The van der Waals surface area contributed by atoms with Crippen molar-refractivity contribution in [3.63, 3.8) is 0 Å². The van der Waals surface area contributed by atoms with Gasteiger partial charge in [-0.2, -0.15) is 5.16 Å². The molecule has 0 unspecified atom stereocenters. The van der Waals surface area contributed by atoms with Crippen LogP contribution in [0.25, 0.3) is 0 Å². The third kappa shape index (κ3) is 3.36. The molecule has 0 radical (unpaired) electrons. The maximum atomic E-state index is 11.7. The van der Waals surface area contributed by atoms with Crippen molar-refractivity contribution in [1.29, 1.82) is 0 Å². The van der Waals surface area contributed by atoms with Crippen molar-refractivity contribution in [1.82, 2.24) is 5.16 Å². The molecule has 20 heavy (non-hydrogen) atoms. The van der Waals surface area contributed by atoms with Crippen LogP contribution in [0.4, 0.5) is 0 Å². The van der Waals surface area contributed by atoms with E-state index < -0.39 is 12.0 Å².